The van der Waals surface area contributed by atoms with Crippen LogP contribution in [0, 0.1) is 0 Å². The molecule has 0 bridgehead atoms. The molecule has 1 aromatic rings. The molecule has 0 N–H and O–H groups in total. The highest BCUT2D eigenvalue weighted by atomic mass is 35.5. The smallest absolute Gasteiger partial charge is 0.132 e. The van der Waals surface area contributed by atoms with E-state index >= 15 is 0 Å². The summed E-state index contributed by atoms with van der Waals surface area (Å²) in [5, 5.41) is 1.09. The van der Waals surface area contributed by atoms with Crippen LogP contribution in [0.1, 0.15) is 13.3 Å². The molecule has 0 aromatic heterocycles. The van der Waals surface area contributed by atoms with E-state index in [1.165, 1.54) is 0 Å². The van der Waals surface area contributed by atoms with Crippen LogP contribution in [0.3, 0.4) is 0 Å². The van der Waals surface area contributed by atoms with Gasteiger partial charge >= 0.3 is 0 Å². The van der Waals surface area contributed by atoms with Crippen molar-refractivity contribution in [3.63, 3.8) is 0 Å². The van der Waals surface area contributed by atoms with Crippen molar-refractivity contribution in [1.82, 2.24) is 0 Å². The predicted octanol–water partition coefficient (Wildman–Crippen LogP) is 5.20. The summed E-state index contributed by atoms with van der Waals surface area (Å²) in [5.41, 5.74) is 0.758. The molecule has 1 aliphatic rings. The summed E-state index contributed by atoms with van der Waals surface area (Å²) in [4.78, 5) is 4.45. The van der Waals surface area contributed by atoms with Gasteiger partial charge < -0.3 is 0 Å². The number of hydrogen-bond donors (Lipinski definition) is 0. The SMILES string of the molecule is CCC1SC(=Nc2cccc(Cl)c2Cl)S1. The first-order chi connectivity index (χ1) is 7.20. The molecule has 1 nitrogen and oxygen atoms in total. The molecule has 0 unspecified atom stereocenters. The van der Waals surface area contributed by atoms with E-state index in [1.807, 2.05) is 12.1 Å². The fourth-order valence-electron chi connectivity index (χ4n) is 1.13. The average Bonchev–Trinajstić information content (AvgIpc) is 2.17. The van der Waals surface area contributed by atoms with Crippen molar-refractivity contribution in [3.8, 4) is 0 Å². The summed E-state index contributed by atoms with van der Waals surface area (Å²) in [6, 6.07) is 5.50. The van der Waals surface area contributed by atoms with E-state index in [2.05, 4.69) is 11.9 Å². The molecule has 5 heteroatoms. The summed E-state index contributed by atoms with van der Waals surface area (Å²) in [5.74, 6) is 0. The highest BCUT2D eigenvalue weighted by Gasteiger charge is 2.25. The first kappa shape index (κ1) is 11.6. The second kappa shape index (κ2) is 5.00. The van der Waals surface area contributed by atoms with E-state index in [-0.39, 0.29) is 0 Å². The summed E-state index contributed by atoms with van der Waals surface area (Å²) < 4.78 is 1.73. The Kier molecular flexibility index (Phi) is 3.88. The molecular formula is C10H9Cl2NS2. The molecule has 1 heterocycles. The Bertz CT molecular complexity index is 398. The van der Waals surface area contributed by atoms with E-state index in [1.54, 1.807) is 29.6 Å². The van der Waals surface area contributed by atoms with E-state index in [9.17, 15) is 0 Å². The van der Waals surface area contributed by atoms with Gasteiger partial charge in [0.05, 0.1) is 20.3 Å². The molecule has 0 saturated carbocycles. The van der Waals surface area contributed by atoms with Gasteiger partial charge in [-0.1, -0.05) is 59.7 Å². The molecule has 2 rings (SSSR count). The lowest BCUT2D eigenvalue weighted by Crippen LogP contribution is -2.11. The zero-order valence-corrected chi connectivity index (χ0v) is 11.2. The minimum atomic E-state index is 0.535. The molecule has 0 spiro atoms. The first-order valence-electron chi connectivity index (χ1n) is 4.56. The number of nitrogens with zero attached hydrogens (tertiary/aromatic N) is 1. The highest BCUT2D eigenvalue weighted by molar-refractivity contribution is 8.53. The third-order valence-corrected chi connectivity index (χ3v) is 5.68. The zero-order valence-electron chi connectivity index (χ0n) is 8.04. The number of aliphatic imine (C=N–C) groups is 1. The zero-order chi connectivity index (χ0) is 10.8. The highest BCUT2D eigenvalue weighted by Crippen LogP contribution is 2.46. The second-order valence-electron chi connectivity index (χ2n) is 3.02. The van der Waals surface area contributed by atoms with Crippen LogP contribution in [0.2, 0.25) is 10.0 Å². The Hall–Kier alpha value is 0.170. The van der Waals surface area contributed by atoms with Crippen molar-refractivity contribution in [1.29, 1.82) is 0 Å². The lowest BCUT2D eigenvalue weighted by Gasteiger charge is -2.24. The third-order valence-electron chi connectivity index (χ3n) is 1.94. The van der Waals surface area contributed by atoms with Crippen molar-refractivity contribution < 1.29 is 0 Å². The van der Waals surface area contributed by atoms with Gasteiger partial charge in [-0.15, -0.1) is 0 Å². The fourth-order valence-corrected chi connectivity index (χ4v) is 3.53. The summed E-state index contributed by atoms with van der Waals surface area (Å²) in [7, 11) is 0. The Morgan fingerprint density at radius 2 is 2.07 bits per heavy atom. The van der Waals surface area contributed by atoms with E-state index < -0.39 is 0 Å². The van der Waals surface area contributed by atoms with Crippen molar-refractivity contribution in [2.45, 2.75) is 17.9 Å². The number of rotatable bonds is 2. The maximum absolute atomic E-state index is 6.03. The molecular weight excluding hydrogens is 269 g/mol. The van der Waals surface area contributed by atoms with E-state index in [0.717, 1.165) is 16.5 Å². The van der Waals surface area contributed by atoms with E-state index in [4.69, 9.17) is 23.2 Å². The summed E-state index contributed by atoms with van der Waals surface area (Å²) in [6.07, 6.45) is 1.16. The molecule has 1 aliphatic heterocycles. The minimum absolute atomic E-state index is 0.535. The van der Waals surface area contributed by atoms with Crippen LogP contribution in [0.15, 0.2) is 23.2 Å². The third kappa shape index (κ3) is 2.64. The summed E-state index contributed by atoms with van der Waals surface area (Å²) in [6.45, 7) is 2.17. The van der Waals surface area contributed by atoms with Gasteiger partial charge in [-0.3, -0.25) is 0 Å². The normalized spacial score (nSPS) is 19.9. The largest absolute Gasteiger partial charge is 0.233 e. The molecule has 1 aromatic carbocycles. The van der Waals surface area contributed by atoms with Crippen LogP contribution in [0.4, 0.5) is 5.69 Å². The molecule has 0 atom stereocenters. The van der Waals surface area contributed by atoms with Gasteiger partial charge in [-0.2, -0.15) is 0 Å². The first-order valence-corrected chi connectivity index (χ1v) is 7.08. The molecule has 1 saturated heterocycles. The van der Waals surface area contributed by atoms with E-state index in [0.29, 0.717) is 14.6 Å². The Morgan fingerprint density at radius 3 is 2.73 bits per heavy atom. The molecule has 1 fully saturated rings. The lowest BCUT2D eigenvalue weighted by atomic mass is 10.3. The quantitative estimate of drug-likeness (QED) is 0.737. The Morgan fingerprint density at radius 1 is 1.33 bits per heavy atom. The number of hydrogen-bond acceptors (Lipinski definition) is 3. The van der Waals surface area contributed by atoms with Gasteiger partial charge in [-0.05, 0) is 18.6 Å². The van der Waals surface area contributed by atoms with Crippen molar-refractivity contribution in [2.24, 2.45) is 4.99 Å². The van der Waals surface area contributed by atoms with Gasteiger partial charge in [0, 0.05) is 0 Å². The maximum atomic E-state index is 6.03. The van der Waals surface area contributed by atoms with Crippen LogP contribution in [-0.4, -0.2) is 8.96 Å². The van der Waals surface area contributed by atoms with Gasteiger partial charge in [0.1, 0.15) is 4.38 Å². The van der Waals surface area contributed by atoms with Gasteiger partial charge in [0.25, 0.3) is 0 Å². The standard InChI is InChI=1S/C10H9Cl2NS2/c1-2-8-14-10(15-8)13-7-5-3-4-6(11)9(7)12/h3-5,8H,2H2,1H3. The average molecular weight is 278 g/mol. The van der Waals surface area contributed by atoms with Crippen LogP contribution >= 0.6 is 46.7 Å². The van der Waals surface area contributed by atoms with Crippen LogP contribution in [0.25, 0.3) is 0 Å². The van der Waals surface area contributed by atoms with Crippen LogP contribution in [-0.2, 0) is 0 Å². The van der Waals surface area contributed by atoms with Gasteiger partial charge in [0.2, 0.25) is 0 Å². The topological polar surface area (TPSA) is 12.4 Å². The minimum Gasteiger partial charge on any atom is -0.233 e. The predicted molar refractivity (Wildman–Crippen MR) is 72.8 cm³/mol. The molecule has 0 radical (unpaired) electrons. The summed E-state index contributed by atoms with van der Waals surface area (Å²) >= 11 is 15.5. The molecule has 80 valence electrons. The molecule has 15 heavy (non-hydrogen) atoms. The number of thioether (sulfide) groups is 2. The molecule has 0 aliphatic carbocycles. The van der Waals surface area contributed by atoms with Crippen LogP contribution < -0.4 is 0 Å². The number of halogens is 2. The maximum Gasteiger partial charge on any atom is 0.132 e. The van der Waals surface area contributed by atoms with Gasteiger partial charge in [0.15, 0.2) is 0 Å². The van der Waals surface area contributed by atoms with Crippen molar-refractivity contribution >= 4 is 56.8 Å². The van der Waals surface area contributed by atoms with Gasteiger partial charge in [-0.25, -0.2) is 4.99 Å². The Balaban J connectivity index is 2.15. The fraction of sp³-hybridized carbons (Fsp3) is 0.300. The molecule has 0 amide bonds. The second-order valence-corrected chi connectivity index (χ2v) is 6.75. The Labute approximate surface area is 108 Å². The number of benzene rings is 1. The van der Waals surface area contributed by atoms with Crippen LogP contribution in [0.5, 0.6) is 0 Å². The monoisotopic (exact) mass is 277 g/mol. The van der Waals surface area contributed by atoms with Crippen molar-refractivity contribution in [2.75, 3.05) is 0 Å². The van der Waals surface area contributed by atoms with Crippen molar-refractivity contribution in [3.05, 3.63) is 28.2 Å². The lowest BCUT2D eigenvalue weighted by molar-refractivity contribution is 1.06.